The van der Waals surface area contributed by atoms with Crippen LogP contribution in [0.4, 0.5) is 8.78 Å². The fourth-order valence-corrected chi connectivity index (χ4v) is 3.36. The molecule has 1 amide bonds. The van der Waals surface area contributed by atoms with Gasteiger partial charge in [0.25, 0.3) is 0 Å². The number of piperazine rings is 1. The predicted octanol–water partition coefficient (Wildman–Crippen LogP) is 1.64. The summed E-state index contributed by atoms with van der Waals surface area (Å²) in [6.45, 7) is 1.86. The number of aliphatic hydroxyl groups is 1. The molecule has 8 heteroatoms. The first-order valence-electron chi connectivity index (χ1n) is 8.13. The second-order valence-corrected chi connectivity index (χ2v) is 7.00. The highest BCUT2D eigenvalue weighted by molar-refractivity contribution is 5.80. The third kappa shape index (κ3) is 3.41. The molecule has 2 atom stereocenters. The van der Waals surface area contributed by atoms with Gasteiger partial charge in [-0.25, -0.2) is 0 Å². The molecule has 3 rings (SSSR count). The number of nitrogens with zero attached hydrogens (tertiary/aromatic N) is 2. The lowest BCUT2D eigenvalue weighted by Gasteiger charge is -2.48. The van der Waals surface area contributed by atoms with E-state index in [0.717, 1.165) is 0 Å². The fraction of sp³-hybridized carbons (Fsp3) is 0.588. The van der Waals surface area contributed by atoms with Crippen molar-refractivity contribution in [3.8, 4) is 11.5 Å². The first-order valence-corrected chi connectivity index (χ1v) is 8.13. The van der Waals surface area contributed by atoms with Crippen molar-refractivity contribution in [2.24, 2.45) is 0 Å². The van der Waals surface area contributed by atoms with Crippen LogP contribution in [0, 0.1) is 0 Å². The molecule has 0 spiro atoms. The molecular formula is C17H22F2N2O4. The van der Waals surface area contributed by atoms with Gasteiger partial charge in [0, 0.05) is 18.7 Å². The first-order chi connectivity index (χ1) is 11.7. The third-order valence-corrected chi connectivity index (χ3v) is 4.69. The topological polar surface area (TPSA) is 62.2 Å². The molecule has 1 aromatic rings. The number of hydrogen-bond acceptors (Lipinski definition) is 5. The number of carbonyl (C=O) groups excluding carboxylic acids is 1. The Kier molecular flexibility index (Phi) is 4.59. The standard InChI is InChI=1S/C17H22F2N2O4/c1-17(2)15(23)14(21-7-6-20(3)9-13(21)22)11-8-10(24-16(18)19)4-5-12(11)25-17/h4-5,8,14-16,23H,6-7,9H2,1-3H3. The molecule has 0 bridgehead atoms. The van der Waals surface area contributed by atoms with Crippen LogP contribution in [0.25, 0.3) is 0 Å². The van der Waals surface area contributed by atoms with Crippen molar-refractivity contribution in [2.45, 2.75) is 38.2 Å². The van der Waals surface area contributed by atoms with Crippen LogP contribution in [0.1, 0.15) is 25.5 Å². The maximum Gasteiger partial charge on any atom is 0.387 e. The number of aliphatic hydroxyl groups excluding tert-OH is 1. The molecule has 25 heavy (non-hydrogen) atoms. The minimum absolute atomic E-state index is 0.0316. The van der Waals surface area contributed by atoms with Crippen molar-refractivity contribution in [1.29, 1.82) is 0 Å². The molecule has 2 aliphatic heterocycles. The molecular weight excluding hydrogens is 334 g/mol. The Morgan fingerprint density at radius 1 is 1.36 bits per heavy atom. The van der Waals surface area contributed by atoms with E-state index in [2.05, 4.69) is 4.74 Å². The molecule has 2 heterocycles. The normalized spacial score (nSPS) is 26.4. The Morgan fingerprint density at radius 2 is 2.08 bits per heavy atom. The lowest BCUT2D eigenvalue weighted by molar-refractivity contribution is -0.149. The second-order valence-electron chi connectivity index (χ2n) is 7.00. The van der Waals surface area contributed by atoms with Gasteiger partial charge in [-0.05, 0) is 39.1 Å². The summed E-state index contributed by atoms with van der Waals surface area (Å²) in [7, 11) is 1.85. The van der Waals surface area contributed by atoms with E-state index in [1.807, 2.05) is 11.9 Å². The maximum absolute atomic E-state index is 12.5. The molecule has 1 N–H and O–H groups in total. The van der Waals surface area contributed by atoms with Gasteiger partial charge in [-0.3, -0.25) is 9.69 Å². The Bertz CT molecular complexity index is 668. The summed E-state index contributed by atoms with van der Waals surface area (Å²) in [6.07, 6.45) is -1.01. The van der Waals surface area contributed by atoms with Crippen molar-refractivity contribution < 1.29 is 28.2 Å². The van der Waals surface area contributed by atoms with Gasteiger partial charge >= 0.3 is 6.61 Å². The molecule has 2 aliphatic rings. The van der Waals surface area contributed by atoms with Crippen LogP contribution in [0.3, 0.4) is 0 Å². The summed E-state index contributed by atoms with van der Waals surface area (Å²) in [5.41, 5.74) is -0.449. The Hall–Kier alpha value is -1.93. The molecule has 0 radical (unpaired) electrons. The zero-order chi connectivity index (χ0) is 18.4. The predicted molar refractivity (Wildman–Crippen MR) is 85.7 cm³/mol. The number of halogens is 2. The highest BCUT2D eigenvalue weighted by Crippen LogP contribution is 2.44. The van der Waals surface area contributed by atoms with Gasteiger partial charge < -0.3 is 19.5 Å². The van der Waals surface area contributed by atoms with E-state index in [-0.39, 0.29) is 18.2 Å². The quantitative estimate of drug-likeness (QED) is 0.892. The van der Waals surface area contributed by atoms with Crippen LogP contribution in [0.2, 0.25) is 0 Å². The summed E-state index contributed by atoms with van der Waals surface area (Å²) in [5, 5.41) is 10.8. The van der Waals surface area contributed by atoms with Crippen molar-refractivity contribution in [3.05, 3.63) is 23.8 Å². The van der Waals surface area contributed by atoms with Crippen molar-refractivity contribution in [2.75, 3.05) is 26.7 Å². The van der Waals surface area contributed by atoms with Crippen LogP contribution in [0.5, 0.6) is 11.5 Å². The van der Waals surface area contributed by atoms with Crippen LogP contribution in [0.15, 0.2) is 18.2 Å². The zero-order valence-corrected chi connectivity index (χ0v) is 14.4. The van der Waals surface area contributed by atoms with Crippen molar-refractivity contribution >= 4 is 5.91 Å². The maximum atomic E-state index is 12.5. The Morgan fingerprint density at radius 3 is 2.72 bits per heavy atom. The molecule has 1 saturated heterocycles. The van der Waals surface area contributed by atoms with Gasteiger partial charge in [0.1, 0.15) is 23.2 Å². The fourth-order valence-electron chi connectivity index (χ4n) is 3.36. The van der Waals surface area contributed by atoms with Crippen LogP contribution in [-0.2, 0) is 4.79 Å². The summed E-state index contributed by atoms with van der Waals surface area (Å²) in [6, 6.07) is 3.66. The monoisotopic (exact) mass is 356 g/mol. The summed E-state index contributed by atoms with van der Waals surface area (Å²) in [5.74, 6) is 0.297. The Labute approximate surface area is 144 Å². The number of rotatable bonds is 3. The number of amides is 1. The van der Waals surface area contributed by atoms with Gasteiger partial charge in [0.15, 0.2) is 0 Å². The SMILES string of the molecule is CN1CCN(C2c3cc(OC(F)F)ccc3OC(C)(C)C2O)C(=O)C1. The van der Waals surface area contributed by atoms with E-state index in [4.69, 9.17) is 4.74 Å². The smallest absolute Gasteiger partial charge is 0.387 e. The summed E-state index contributed by atoms with van der Waals surface area (Å²) >= 11 is 0. The number of fused-ring (bicyclic) bond motifs is 1. The number of carbonyl (C=O) groups is 1. The molecule has 138 valence electrons. The van der Waals surface area contributed by atoms with E-state index in [1.54, 1.807) is 18.7 Å². The second kappa shape index (κ2) is 6.42. The highest BCUT2D eigenvalue weighted by Gasteiger charge is 2.47. The van der Waals surface area contributed by atoms with Crippen molar-refractivity contribution in [1.82, 2.24) is 9.80 Å². The minimum Gasteiger partial charge on any atom is -0.485 e. The molecule has 6 nitrogen and oxygen atoms in total. The molecule has 0 aliphatic carbocycles. The lowest BCUT2D eigenvalue weighted by Crippen LogP contribution is -2.58. The number of ether oxygens (including phenoxy) is 2. The van der Waals surface area contributed by atoms with Gasteiger partial charge in [-0.15, -0.1) is 0 Å². The van der Waals surface area contributed by atoms with E-state index in [1.165, 1.54) is 18.2 Å². The van der Waals surface area contributed by atoms with E-state index in [0.29, 0.717) is 24.4 Å². The average molecular weight is 356 g/mol. The number of likely N-dealkylation sites (N-methyl/N-ethyl adjacent to an activating group) is 1. The molecule has 0 aromatic heterocycles. The lowest BCUT2D eigenvalue weighted by atomic mass is 9.85. The summed E-state index contributed by atoms with van der Waals surface area (Å²) < 4.78 is 35.4. The third-order valence-electron chi connectivity index (χ3n) is 4.69. The number of benzene rings is 1. The van der Waals surface area contributed by atoms with Gasteiger partial charge in [-0.1, -0.05) is 0 Å². The van der Waals surface area contributed by atoms with Crippen LogP contribution < -0.4 is 9.47 Å². The number of hydrogen-bond donors (Lipinski definition) is 1. The first kappa shape index (κ1) is 17.9. The van der Waals surface area contributed by atoms with Crippen LogP contribution in [-0.4, -0.2) is 65.8 Å². The van der Waals surface area contributed by atoms with Gasteiger partial charge in [0.05, 0.1) is 12.6 Å². The minimum atomic E-state index is -2.95. The zero-order valence-electron chi connectivity index (χ0n) is 14.4. The molecule has 0 saturated carbocycles. The highest BCUT2D eigenvalue weighted by atomic mass is 19.3. The summed E-state index contributed by atoms with van der Waals surface area (Å²) in [4.78, 5) is 16.0. The van der Waals surface area contributed by atoms with Gasteiger partial charge in [-0.2, -0.15) is 8.78 Å². The van der Waals surface area contributed by atoms with Crippen LogP contribution >= 0.6 is 0 Å². The molecule has 1 aromatic carbocycles. The van der Waals surface area contributed by atoms with E-state index >= 15 is 0 Å². The Balaban J connectivity index is 2.02. The van der Waals surface area contributed by atoms with Gasteiger partial charge in [0.2, 0.25) is 5.91 Å². The van der Waals surface area contributed by atoms with Crippen molar-refractivity contribution in [3.63, 3.8) is 0 Å². The molecule has 2 unspecified atom stereocenters. The largest absolute Gasteiger partial charge is 0.485 e. The van der Waals surface area contributed by atoms with E-state index < -0.39 is 24.4 Å². The van der Waals surface area contributed by atoms with E-state index in [9.17, 15) is 18.7 Å². The average Bonchev–Trinajstić information content (AvgIpc) is 2.50. The number of alkyl halides is 2. The molecule has 1 fully saturated rings.